The number of hydrogen-bond acceptors (Lipinski definition) is 4. The van der Waals surface area contributed by atoms with Gasteiger partial charge in [-0.1, -0.05) is 47.3 Å². The van der Waals surface area contributed by atoms with E-state index in [1.165, 1.54) is 32.1 Å². The van der Waals surface area contributed by atoms with Gasteiger partial charge in [0, 0.05) is 23.0 Å². The predicted octanol–water partition coefficient (Wildman–Crippen LogP) is 4.70. The summed E-state index contributed by atoms with van der Waals surface area (Å²) < 4.78 is 12.8. The van der Waals surface area contributed by atoms with Crippen molar-refractivity contribution >= 4 is 21.9 Å². The zero-order valence-corrected chi connectivity index (χ0v) is 17.7. The third-order valence-electron chi connectivity index (χ3n) is 5.44. The molecule has 1 atom stereocenters. The molecule has 0 aromatic heterocycles. The van der Waals surface area contributed by atoms with E-state index in [2.05, 4.69) is 33.4 Å². The molecule has 1 unspecified atom stereocenters. The van der Waals surface area contributed by atoms with Crippen LogP contribution in [-0.4, -0.2) is 30.3 Å². The molecule has 1 saturated carbocycles. The number of nitrogens with one attached hydrogen (secondary N) is 1. The van der Waals surface area contributed by atoms with E-state index in [1.54, 1.807) is 0 Å². The lowest BCUT2D eigenvalue weighted by Gasteiger charge is -2.36. The molecule has 1 aromatic rings. The Morgan fingerprint density at radius 1 is 1.15 bits per heavy atom. The third kappa shape index (κ3) is 4.68. The molecule has 3 rings (SSSR count). The molecule has 2 fully saturated rings. The number of esters is 1. The van der Waals surface area contributed by atoms with Crippen LogP contribution in [0.4, 0.5) is 0 Å². The number of rotatable bonds is 4. The fourth-order valence-electron chi connectivity index (χ4n) is 4.30. The van der Waals surface area contributed by atoms with Gasteiger partial charge in [-0.3, -0.25) is 0 Å². The molecule has 1 heterocycles. The van der Waals surface area contributed by atoms with Crippen molar-refractivity contribution in [1.82, 2.24) is 5.32 Å². The third-order valence-corrected chi connectivity index (χ3v) is 5.97. The Kier molecular flexibility index (Phi) is 5.80. The van der Waals surface area contributed by atoms with Gasteiger partial charge in [0.05, 0.1) is 0 Å². The summed E-state index contributed by atoms with van der Waals surface area (Å²) in [6, 6.07) is 8.28. The fraction of sp³-hybridized carbons (Fsp3) is 0.667. The minimum Gasteiger partial charge on any atom is -0.458 e. The lowest BCUT2D eigenvalue weighted by atomic mass is 9.76. The number of ether oxygens (including phenoxy) is 2. The maximum atomic E-state index is 12.2. The molecule has 0 bridgehead atoms. The summed E-state index contributed by atoms with van der Waals surface area (Å²) in [5, 5.41) is 3.76. The molecule has 144 valence electrons. The average Bonchev–Trinajstić information content (AvgIpc) is 2.92. The van der Waals surface area contributed by atoms with Crippen LogP contribution in [-0.2, 0) is 19.9 Å². The molecule has 1 N–H and O–H groups in total. The predicted molar refractivity (Wildman–Crippen MR) is 106 cm³/mol. The Bertz CT molecular complexity index is 632. The zero-order valence-electron chi connectivity index (χ0n) is 16.1. The first kappa shape index (κ1) is 19.8. The van der Waals surface area contributed by atoms with Gasteiger partial charge >= 0.3 is 5.97 Å². The summed E-state index contributed by atoms with van der Waals surface area (Å²) >= 11 is 3.51. The second-order valence-corrected chi connectivity index (χ2v) is 9.66. The molecule has 0 radical (unpaired) electrons. The molecule has 26 heavy (non-hydrogen) atoms. The topological polar surface area (TPSA) is 47.6 Å². The summed E-state index contributed by atoms with van der Waals surface area (Å²) in [4.78, 5) is 12.2. The van der Waals surface area contributed by atoms with Gasteiger partial charge in [0.25, 0.3) is 0 Å². The minimum atomic E-state index is -0.496. The van der Waals surface area contributed by atoms with Crippen LogP contribution in [0.2, 0.25) is 0 Å². The van der Waals surface area contributed by atoms with Crippen LogP contribution in [0.15, 0.2) is 28.7 Å². The van der Waals surface area contributed by atoms with Gasteiger partial charge in [0.15, 0.2) is 0 Å². The van der Waals surface area contributed by atoms with Gasteiger partial charge in [-0.2, -0.15) is 0 Å². The number of carbonyl (C=O) groups excluding carboxylic acids is 1. The monoisotopic (exact) mass is 423 g/mol. The first-order valence-corrected chi connectivity index (χ1v) is 10.4. The maximum Gasteiger partial charge on any atom is 0.332 e. The van der Waals surface area contributed by atoms with Gasteiger partial charge in [-0.25, -0.2) is 4.79 Å². The average molecular weight is 424 g/mol. The van der Waals surface area contributed by atoms with Crippen LogP contribution in [0, 0.1) is 0 Å². The van der Waals surface area contributed by atoms with Crippen LogP contribution < -0.4 is 5.32 Å². The minimum absolute atomic E-state index is 0.0227. The number of carbonyl (C=O) groups is 1. The van der Waals surface area contributed by atoms with E-state index in [0.29, 0.717) is 0 Å². The van der Waals surface area contributed by atoms with Crippen LogP contribution in [0.3, 0.4) is 0 Å². The van der Waals surface area contributed by atoms with Crippen LogP contribution in [0.25, 0.3) is 0 Å². The van der Waals surface area contributed by atoms with E-state index < -0.39 is 11.2 Å². The highest BCUT2D eigenvalue weighted by atomic mass is 79.9. The van der Waals surface area contributed by atoms with Crippen molar-refractivity contribution in [2.45, 2.75) is 76.0 Å². The molecule has 1 aromatic carbocycles. The summed E-state index contributed by atoms with van der Waals surface area (Å²) in [7, 11) is 0. The van der Waals surface area contributed by atoms with Crippen molar-refractivity contribution in [1.29, 1.82) is 0 Å². The van der Waals surface area contributed by atoms with E-state index in [-0.39, 0.29) is 18.1 Å². The Morgan fingerprint density at radius 3 is 2.42 bits per heavy atom. The molecule has 5 heteroatoms. The Labute approximate surface area is 165 Å². The first-order chi connectivity index (χ1) is 12.2. The van der Waals surface area contributed by atoms with Crippen molar-refractivity contribution in [3.63, 3.8) is 0 Å². The van der Waals surface area contributed by atoms with Crippen molar-refractivity contribution in [3.8, 4) is 0 Å². The van der Waals surface area contributed by atoms with E-state index in [9.17, 15) is 4.79 Å². The Balaban J connectivity index is 1.79. The molecule has 1 aliphatic carbocycles. The van der Waals surface area contributed by atoms with Gasteiger partial charge in [0.2, 0.25) is 0 Å². The normalized spacial score (nSPS) is 25.4. The van der Waals surface area contributed by atoms with E-state index in [0.717, 1.165) is 23.0 Å². The SMILES string of the molecule is CC(C)(C)OC(=O)COC1(c2ccc(Br)cc2)CNC2(CCCCC2)C1. The Morgan fingerprint density at radius 2 is 1.81 bits per heavy atom. The summed E-state index contributed by atoms with van der Waals surface area (Å²) in [6.45, 7) is 6.35. The summed E-state index contributed by atoms with van der Waals surface area (Å²) in [5.74, 6) is -0.307. The lowest BCUT2D eigenvalue weighted by molar-refractivity contribution is -0.167. The molecule has 0 amide bonds. The molecule has 2 aliphatic rings. The number of hydrogen-bond donors (Lipinski definition) is 1. The van der Waals surface area contributed by atoms with Crippen LogP contribution >= 0.6 is 15.9 Å². The largest absolute Gasteiger partial charge is 0.458 e. The highest BCUT2D eigenvalue weighted by Gasteiger charge is 2.50. The van der Waals surface area contributed by atoms with Crippen molar-refractivity contribution in [2.75, 3.05) is 13.2 Å². The number of halogens is 1. The summed E-state index contributed by atoms with van der Waals surface area (Å²) in [6.07, 6.45) is 7.10. The molecular weight excluding hydrogens is 394 g/mol. The highest BCUT2D eigenvalue weighted by molar-refractivity contribution is 9.10. The van der Waals surface area contributed by atoms with Gasteiger partial charge < -0.3 is 14.8 Å². The smallest absolute Gasteiger partial charge is 0.332 e. The van der Waals surface area contributed by atoms with Gasteiger partial charge in [-0.15, -0.1) is 0 Å². The van der Waals surface area contributed by atoms with Crippen LogP contribution in [0.1, 0.15) is 64.9 Å². The summed E-state index contributed by atoms with van der Waals surface area (Å²) in [5.41, 5.74) is 0.289. The van der Waals surface area contributed by atoms with Gasteiger partial charge in [0.1, 0.15) is 17.8 Å². The second-order valence-electron chi connectivity index (χ2n) is 8.75. The first-order valence-electron chi connectivity index (χ1n) is 9.59. The highest BCUT2D eigenvalue weighted by Crippen LogP contribution is 2.45. The van der Waals surface area contributed by atoms with E-state index >= 15 is 0 Å². The second kappa shape index (κ2) is 7.61. The van der Waals surface area contributed by atoms with Crippen molar-refractivity contribution in [2.24, 2.45) is 0 Å². The van der Waals surface area contributed by atoms with Crippen molar-refractivity contribution < 1.29 is 14.3 Å². The van der Waals surface area contributed by atoms with E-state index in [4.69, 9.17) is 9.47 Å². The molecular formula is C21H30BrNO3. The Hall–Kier alpha value is -0.910. The lowest BCUT2D eigenvalue weighted by Crippen LogP contribution is -2.41. The fourth-order valence-corrected chi connectivity index (χ4v) is 4.56. The maximum absolute atomic E-state index is 12.2. The quantitative estimate of drug-likeness (QED) is 0.712. The molecule has 1 spiro atoms. The molecule has 1 aliphatic heterocycles. The molecule has 1 saturated heterocycles. The van der Waals surface area contributed by atoms with E-state index in [1.807, 2.05) is 32.9 Å². The standard InChI is InChI=1S/C21H30BrNO3/c1-19(2,3)26-18(24)13-25-21(16-7-9-17(22)10-8-16)14-20(23-15-21)11-5-4-6-12-20/h7-10,23H,4-6,11-15H2,1-3H3. The van der Waals surface area contributed by atoms with Crippen LogP contribution in [0.5, 0.6) is 0 Å². The molecule has 4 nitrogen and oxygen atoms in total. The van der Waals surface area contributed by atoms with Crippen molar-refractivity contribution in [3.05, 3.63) is 34.3 Å². The zero-order chi connectivity index (χ0) is 18.8. The number of benzene rings is 1. The van der Waals surface area contributed by atoms with Gasteiger partial charge in [-0.05, 0) is 51.3 Å².